The largest absolute Gasteiger partial charge is 0.362 e. The van der Waals surface area contributed by atoms with Crippen LogP contribution < -0.4 is 10.2 Å². The molecule has 1 aromatic heterocycles. The summed E-state index contributed by atoms with van der Waals surface area (Å²) in [6.45, 7) is 8.18. The average molecular weight is 591 g/mol. The van der Waals surface area contributed by atoms with Crippen molar-refractivity contribution in [1.29, 1.82) is 0 Å². The summed E-state index contributed by atoms with van der Waals surface area (Å²) in [7, 11) is 3.99. The van der Waals surface area contributed by atoms with Gasteiger partial charge in [-0.25, -0.2) is 9.97 Å². The number of rotatable bonds is 12. The van der Waals surface area contributed by atoms with Crippen molar-refractivity contribution in [2.24, 2.45) is 0 Å². The van der Waals surface area contributed by atoms with Crippen LogP contribution in [-0.2, 0) is 4.79 Å². The lowest BCUT2D eigenvalue weighted by atomic mass is 10.1. The Hall–Kier alpha value is -2.95. The SMILES string of the molecule is CC.CCCCCCCCCCCC(=O)NC1CCCCCC1.Cc1nc(N(C)C)c2ccccc2n1.c1ccccc1. The predicted octanol–water partition coefficient (Wildman–Crippen LogP) is 10.5. The maximum absolute atomic E-state index is 11.9. The number of benzene rings is 2. The maximum Gasteiger partial charge on any atom is 0.220 e. The molecule has 3 aromatic rings. The van der Waals surface area contributed by atoms with Gasteiger partial charge in [-0.15, -0.1) is 0 Å². The second kappa shape index (κ2) is 25.5. The third-order valence-corrected chi connectivity index (χ3v) is 7.51. The molecule has 0 aliphatic heterocycles. The Morgan fingerprint density at radius 3 is 1.79 bits per heavy atom. The Balaban J connectivity index is 0.000000357. The molecule has 1 heterocycles. The van der Waals surface area contributed by atoms with E-state index in [0.29, 0.717) is 11.9 Å². The highest BCUT2D eigenvalue weighted by atomic mass is 16.1. The van der Waals surface area contributed by atoms with Crippen LogP contribution in [0.15, 0.2) is 60.7 Å². The molecule has 1 aliphatic carbocycles. The molecule has 1 amide bonds. The van der Waals surface area contributed by atoms with Crippen molar-refractivity contribution in [3.63, 3.8) is 0 Å². The number of hydrogen-bond donors (Lipinski definition) is 1. The zero-order valence-electron chi connectivity index (χ0n) is 28.4. The van der Waals surface area contributed by atoms with Crippen molar-refractivity contribution in [2.75, 3.05) is 19.0 Å². The minimum Gasteiger partial charge on any atom is -0.362 e. The summed E-state index contributed by atoms with van der Waals surface area (Å²) in [5, 5.41) is 4.35. The number of nitrogens with one attached hydrogen (secondary N) is 1. The van der Waals surface area contributed by atoms with Gasteiger partial charge in [0.15, 0.2) is 0 Å². The molecule has 0 bridgehead atoms. The highest BCUT2D eigenvalue weighted by Crippen LogP contribution is 2.21. The van der Waals surface area contributed by atoms with E-state index in [1.807, 2.05) is 100 Å². The normalized spacial score (nSPS) is 12.8. The molecular formula is C38H62N4O. The molecule has 4 rings (SSSR count). The minimum atomic E-state index is 0.296. The molecule has 5 heteroatoms. The molecule has 0 atom stereocenters. The van der Waals surface area contributed by atoms with Gasteiger partial charge in [0, 0.05) is 31.9 Å². The molecule has 1 fully saturated rings. The van der Waals surface area contributed by atoms with Gasteiger partial charge in [-0.2, -0.15) is 0 Å². The Morgan fingerprint density at radius 2 is 1.26 bits per heavy atom. The van der Waals surface area contributed by atoms with E-state index in [1.165, 1.54) is 89.9 Å². The van der Waals surface area contributed by atoms with Crippen molar-refractivity contribution < 1.29 is 4.79 Å². The van der Waals surface area contributed by atoms with E-state index >= 15 is 0 Å². The molecule has 240 valence electrons. The van der Waals surface area contributed by atoms with Crippen molar-refractivity contribution >= 4 is 22.6 Å². The third kappa shape index (κ3) is 18.3. The van der Waals surface area contributed by atoms with E-state index in [-0.39, 0.29) is 0 Å². The number of para-hydroxylation sites is 1. The Labute approximate surface area is 264 Å². The fourth-order valence-corrected chi connectivity index (χ4v) is 5.22. The molecule has 1 aliphatic rings. The van der Waals surface area contributed by atoms with Crippen LogP contribution in [-0.4, -0.2) is 36.0 Å². The second-order valence-corrected chi connectivity index (χ2v) is 11.5. The van der Waals surface area contributed by atoms with E-state index in [4.69, 9.17) is 0 Å². The standard InChI is InChI=1S/C19H37NO.C11H13N3.C6H6.C2H6/c1-2-3-4-5-6-7-8-9-14-17-19(21)20-18-15-12-10-11-13-16-18;1-8-12-10-7-5-4-6-9(10)11(13-8)14(2)3;1-2-4-6-5-3-1;1-2/h18H,2-17H2,1H3,(H,20,21);4-7H,1-3H3;1-6H;1-2H3. The topological polar surface area (TPSA) is 58.1 Å². The molecule has 0 spiro atoms. The zero-order valence-corrected chi connectivity index (χ0v) is 28.4. The number of aryl methyl sites for hydroxylation is 1. The van der Waals surface area contributed by atoms with Crippen molar-refractivity contribution in [2.45, 2.75) is 136 Å². The fraction of sp³-hybridized carbons (Fsp3) is 0.605. The Kier molecular flexibility index (Phi) is 22.6. The number of carbonyl (C=O) groups is 1. The first-order valence-electron chi connectivity index (χ1n) is 17.2. The Bertz CT molecular complexity index is 1040. The zero-order chi connectivity index (χ0) is 31.5. The number of anilines is 1. The number of fused-ring (bicyclic) bond motifs is 1. The minimum absolute atomic E-state index is 0.296. The van der Waals surface area contributed by atoms with Crippen LogP contribution in [0.25, 0.3) is 10.9 Å². The van der Waals surface area contributed by atoms with E-state index in [1.54, 1.807) is 0 Å². The highest BCUT2D eigenvalue weighted by molar-refractivity contribution is 5.89. The van der Waals surface area contributed by atoms with Crippen LogP contribution in [0.5, 0.6) is 0 Å². The van der Waals surface area contributed by atoms with Crippen LogP contribution in [0.2, 0.25) is 0 Å². The summed E-state index contributed by atoms with van der Waals surface area (Å²) < 4.78 is 0. The lowest BCUT2D eigenvalue weighted by Gasteiger charge is -2.16. The quantitative estimate of drug-likeness (QED) is 0.168. The summed E-state index contributed by atoms with van der Waals surface area (Å²) in [6.07, 6.45) is 20.3. The molecular weight excluding hydrogens is 528 g/mol. The molecule has 1 saturated carbocycles. The van der Waals surface area contributed by atoms with Gasteiger partial charge in [0.1, 0.15) is 11.6 Å². The molecule has 43 heavy (non-hydrogen) atoms. The number of carbonyl (C=O) groups excluding carboxylic acids is 1. The van der Waals surface area contributed by atoms with Crippen LogP contribution >= 0.6 is 0 Å². The summed E-state index contributed by atoms with van der Waals surface area (Å²) in [5.41, 5.74) is 1.00. The second-order valence-electron chi connectivity index (χ2n) is 11.5. The van der Waals surface area contributed by atoms with Crippen molar-refractivity contribution in [1.82, 2.24) is 15.3 Å². The number of hydrogen-bond acceptors (Lipinski definition) is 4. The first-order valence-corrected chi connectivity index (χ1v) is 17.2. The fourth-order valence-electron chi connectivity index (χ4n) is 5.22. The summed E-state index contributed by atoms with van der Waals surface area (Å²) in [4.78, 5) is 22.7. The summed E-state index contributed by atoms with van der Waals surface area (Å²) >= 11 is 0. The molecule has 0 unspecified atom stereocenters. The average Bonchev–Trinajstić information content (AvgIpc) is 3.31. The van der Waals surface area contributed by atoms with Crippen LogP contribution in [0.4, 0.5) is 5.82 Å². The smallest absolute Gasteiger partial charge is 0.220 e. The monoisotopic (exact) mass is 590 g/mol. The maximum atomic E-state index is 11.9. The molecule has 0 radical (unpaired) electrons. The van der Waals surface area contributed by atoms with Gasteiger partial charge >= 0.3 is 0 Å². The van der Waals surface area contributed by atoms with Gasteiger partial charge in [-0.3, -0.25) is 4.79 Å². The van der Waals surface area contributed by atoms with Gasteiger partial charge < -0.3 is 10.2 Å². The number of aromatic nitrogens is 2. The van der Waals surface area contributed by atoms with Gasteiger partial charge in [-0.05, 0) is 38.3 Å². The third-order valence-electron chi connectivity index (χ3n) is 7.51. The van der Waals surface area contributed by atoms with E-state index in [2.05, 4.69) is 22.2 Å². The van der Waals surface area contributed by atoms with Crippen molar-refractivity contribution in [3.8, 4) is 0 Å². The predicted molar refractivity (Wildman–Crippen MR) is 188 cm³/mol. The van der Waals surface area contributed by atoms with Crippen molar-refractivity contribution in [3.05, 3.63) is 66.5 Å². The van der Waals surface area contributed by atoms with E-state index < -0.39 is 0 Å². The van der Waals surface area contributed by atoms with Gasteiger partial charge in [0.2, 0.25) is 5.91 Å². The number of unbranched alkanes of at least 4 members (excludes halogenated alkanes) is 8. The van der Waals surface area contributed by atoms with Crippen LogP contribution in [0, 0.1) is 6.92 Å². The van der Waals surface area contributed by atoms with E-state index in [9.17, 15) is 4.79 Å². The van der Waals surface area contributed by atoms with Crippen LogP contribution in [0.1, 0.15) is 129 Å². The molecule has 2 aromatic carbocycles. The van der Waals surface area contributed by atoms with Gasteiger partial charge in [0.25, 0.3) is 0 Å². The van der Waals surface area contributed by atoms with Gasteiger partial charge in [0.05, 0.1) is 5.52 Å². The number of nitrogens with zero attached hydrogens (tertiary/aromatic N) is 3. The summed E-state index contributed by atoms with van der Waals surface area (Å²) in [5.74, 6) is 2.09. The highest BCUT2D eigenvalue weighted by Gasteiger charge is 2.14. The lowest BCUT2D eigenvalue weighted by molar-refractivity contribution is -0.122. The number of amides is 1. The molecule has 5 nitrogen and oxygen atoms in total. The first kappa shape index (κ1) is 38.1. The summed E-state index contributed by atoms with van der Waals surface area (Å²) in [6, 6.07) is 20.5. The Morgan fingerprint density at radius 1 is 0.744 bits per heavy atom. The first-order chi connectivity index (χ1) is 21.0. The van der Waals surface area contributed by atoms with E-state index in [0.717, 1.165) is 35.4 Å². The van der Waals surface area contributed by atoms with Gasteiger partial charge in [-0.1, -0.05) is 146 Å². The van der Waals surface area contributed by atoms with Crippen LogP contribution in [0.3, 0.4) is 0 Å². The lowest BCUT2D eigenvalue weighted by Crippen LogP contribution is -2.34. The molecule has 1 N–H and O–H groups in total. The molecule has 0 saturated heterocycles.